The fourth-order valence-electron chi connectivity index (χ4n) is 2.29. The van der Waals surface area contributed by atoms with Gasteiger partial charge in [-0.1, -0.05) is 12.1 Å². The average Bonchev–Trinajstić information content (AvgIpc) is 3.23. The topological polar surface area (TPSA) is 86.7 Å². The number of para-hydroxylation sites is 1. The molecule has 1 aromatic carbocycles. The van der Waals surface area contributed by atoms with Gasteiger partial charge in [0.1, 0.15) is 12.1 Å². The largest absolute Gasteiger partial charge is 0.480 e. The standard InChI is InChI=1S/C14H14N2O4S/c17-11(15-14(5-6-14)13(19)20)7-16-9-3-1-2-4-10(9)21-8-12(16)18/h1-4H,5-8H2,(H,15,17)(H,19,20). The third kappa shape index (κ3) is 2.61. The number of carbonyl (C=O) groups is 3. The van der Waals surface area contributed by atoms with E-state index in [9.17, 15) is 14.4 Å². The smallest absolute Gasteiger partial charge is 0.329 e. The lowest BCUT2D eigenvalue weighted by atomic mass is 10.2. The van der Waals surface area contributed by atoms with Gasteiger partial charge in [0.05, 0.1) is 11.4 Å². The summed E-state index contributed by atoms with van der Waals surface area (Å²) in [6.45, 7) is -0.147. The third-order valence-electron chi connectivity index (χ3n) is 3.65. The Balaban J connectivity index is 1.74. The lowest BCUT2D eigenvalue weighted by Crippen LogP contribution is -2.49. The van der Waals surface area contributed by atoms with Crippen molar-refractivity contribution in [2.75, 3.05) is 17.2 Å². The van der Waals surface area contributed by atoms with Crippen LogP contribution in [0.2, 0.25) is 0 Å². The van der Waals surface area contributed by atoms with Crippen LogP contribution in [0.4, 0.5) is 5.69 Å². The van der Waals surface area contributed by atoms with Crippen molar-refractivity contribution in [1.82, 2.24) is 5.32 Å². The summed E-state index contributed by atoms with van der Waals surface area (Å²) in [6, 6.07) is 7.37. The van der Waals surface area contributed by atoms with Crippen LogP contribution in [0.1, 0.15) is 12.8 Å². The Morgan fingerprint density at radius 3 is 2.71 bits per heavy atom. The Labute approximate surface area is 125 Å². The van der Waals surface area contributed by atoms with Gasteiger partial charge in [-0.2, -0.15) is 0 Å². The quantitative estimate of drug-likeness (QED) is 0.861. The summed E-state index contributed by atoms with van der Waals surface area (Å²) in [4.78, 5) is 37.5. The van der Waals surface area contributed by atoms with Crippen molar-refractivity contribution in [3.8, 4) is 0 Å². The molecule has 1 fully saturated rings. The molecule has 0 aromatic heterocycles. The molecule has 6 nitrogen and oxygen atoms in total. The van der Waals surface area contributed by atoms with Gasteiger partial charge in [-0.25, -0.2) is 4.79 Å². The highest BCUT2D eigenvalue weighted by molar-refractivity contribution is 8.00. The molecule has 0 atom stereocenters. The van der Waals surface area contributed by atoms with E-state index in [1.54, 1.807) is 6.07 Å². The average molecular weight is 306 g/mol. The van der Waals surface area contributed by atoms with Gasteiger partial charge in [-0.15, -0.1) is 11.8 Å². The van der Waals surface area contributed by atoms with Gasteiger partial charge in [0.15, 0.2) is 0 Å². The fraction of sp³-hybridized carbons (Fsp3) is 0.357. The summed E-state index contributed by atoms with van der Waals surface area (Å²) < 4.78 is 0. The minimum absolute atomic E-state index is 0.144. The minimum atomic E-state index is -1.12. The molecule has 7 heteroatoms. The van der Waals surface area contributed by atoms with E-state index in [2.05, 4.69) is 5.32 Å². The second-order valence-electron chi connectivity index (χ2n) is 5.17. The summed E-state index contributed by atoms with van der Waals surface area (Å²) in [5.41, 5.74) is -0.418. The Bertz CT molecular complexity index is 627. The van der Waals surface area contributed by atoms with Gasteiger partial charge in [-0.05, 0) is 25.0 Å². The number of amides is 2. The lowest BCUT2D eigenvalue weighted by Gasteiger charge is -2.28. The monoisotopic (exact) mass is 306 g/mol. The number of fused-ring (bicyclic) bond motifs is 1. The normalized spacial score (nSPS) is 18.9. The van der Waals surface area contributed by atoms with Crippen LogP contribution >= 0.6 is 11.8 Å². The van der Waals surface area contributed by atoms with Crippen LogP contribution in [0.15, 0.2) is 29.2 Å². The third-order valence-corrected chi connectivity index (χ3v) is 4.70. The van der Waals surface area contributed by atoms with E-state index in [0.29, 0.717) is 18.5 Å². The summed E-state index contributed by atoms with van der Waals surface area (Å²) in [7, 11) is 0. The van der Waals surface area contributed by atoms with Gasteiger partial charge in [0.25, 0.3) is 0 Å². The Hall–Kier alpha value is -2.02. The van der Waals surface area contributed by atoms with Gasteiger partial charge in [0, 0.05) is 4.90 Å². The Morgan fingerprint density at radius 1 is 1.33 bits per heavy atom. The number of thioether (sulfide) groups is 1. The molecule has 0 spiro atoms. The maximum Gasteiger partial charge on any atom is 0.329 e. The van der Waals surface area contributed by atoms with Crippen LogP contribution in [0.5, 0.6) is 0 Å². The van der Waals surface area contributed by atoms with Gasteiger partial charge >= 0.3 is 5.97 Å². The second-order valence-corrected chi connectivity index (χ2v) is 6.19. The first-order valence-electron chi connectivity index (χ1n) is 6.58. The van der Waals surface area contributed by atoms with E-state index < -0.39 is 17.4 Å². The van der Waals surface area contributed by atoms with Crippen LogP contribution in [0, 0.1) is 0 Å². The van der Waals surface area contributed by atoms with Crippen LogP contribution in [0.3, 0.4) is 0 Å². The molecule has 21 heavy (non-hydrogen) atoms. The Morgan fingerprint density at radius 2 is 2.05 bits per heavy atom. The predicted octanol–water partition coefficient (Wildman–Crippen LogP) is 0.859. The van der Waals surface area contributed by atoms with Gasteiger partial charge in [-0.3, -0.25) is 9.59 Å². The first kappa shape index (κ1) is 13.9. The number of nitrogens with one attached hydrogen (secondary N) is 1. The summed E-state index contributed by atoms with van der Waals surface area (Å²) in [5.74, 6) is -1.32. The number of rotatable bonds is 4. The highest BCUT2D eigenvalue weighted by atomic mass is 32.2. The molecule has 2 aliphatic rings. The summed E-state index contributed by atoms with van der Waals surface area (Å²) in [6.07, 6.45) is 0.878. The SMILES string of the molecule is O=C(CN1C(=O)CSc2ccccc21)NC1(C(=O)O)CC1. The number of carbonyl (C=O) groups excluding carboxylic acids is 2. The van der Waals surface area contributed by atoms with Gasteiger partial charge in [0.2, 0.25) is 11.8 Å². The molecule has 1 aromatic rings. The minimum Gasteiger partial charge on any atom is -0.480 e. The molecule has 0 saturated heterocycles. The number of hydrogen-bond acceptors (Lipinski definition) is 4. The number of nitrogens with zero attached hydrogens (tertiary/aromatic N) is 1. The molecule has 2 N–H and O–H groups in total. The van der Waals surface area contributed by atoms with Crippen molar-refractivity contribution in [3.63, 3.8) is 0 Å². The molecule has 1 aliphatic heterocycles. The molecule has 1 saturated carbocycles. The zero-order chi connectivity index (χ0) is 15.0. The zero-order valence-electron chi connectivity index (χ0n) is 11.2. The van der Waals surface area contributed by atoms with Crippen molar-refractivity contribution in [3.05, 3.63) is 24.3 Å². The van der Waals surface area contributed by atoms with E-state index in [0.717, 1.165) is 4.90 Å². The van der Waals surface area contributed by atoms with Crippen molar-refractivity contribution in [2.24, 2.45) is 0 Å². The number of carboxylic acid groups (broad SMARTS) is 1. The maximum atomic E-state index is 12.1. The number of benzene rings is 1. The van der Waals surface area contributed by atoms with E-state index in [1.807, 2.05) is 18.2 Å². The van der Waals surface area contributed by atoms with Crippen molar-refractivity contribution in [2.45, 2.75) is 23.3 Å². The number of hydrogen-bond donors (Lipinski definition) is 2. The number of carboxylic acids is 1. The molecule has 110 valence electrons. The molecular formula is C14H14N2O4S. The molecule has 2 amide bonds. The maximum absolute atomic E-state index is 12.1. The van der Waals surface area contributed by atoms with Crippen LogP contribution in [-0.4, -0.2) is 40.7 Å². The van der Waals surface area contributed by atoms with Crippen LogP contribution < -0.4 is 10.2 Å². The predicted molar refractivity (Wildman–Crippen MR) is 77.3 cm³/mol. The second kappa shape index (κ2) is 5.07. The summed E-state index contributed by atoms with van der Waals surface area (Å²) >= 11 is 1.44. The van der Waals surface area contributed by atoms with E-state index in [4.69, 9.17) is 5.11 Å². The zero-order valence-corrected chi connectivity index (χ0v) is 12.0. The molecule has 3 rings (SSSR count). The molecular weight excluding hydrogens is 292 g/mol. The summed E-state index contributed by atoms with van der Waals surface area (Å²) in [5, 5.41) is 11.6. The van der Waals surface area contributed by atoms with Crippen molar-refractivity contribution in [1.29, 1.82) is 0 Å². The highest BCUT2D eigenvalue weighted by Gasteiger charge is 2.51. The first-order valence-corrected chi connectivity index (χ1v) is 7.57. The van der Waals surface area contributed by atoms with Crippen molar-refractivity contribution >= 4 is 35.2 Å². The molecule has 1 aliphatic carbocycles. The first-order chi connectivity index (χ1) is 10.0. The van der Waals surface area contributed by atoms with Crippen LogP contribution in [-0.2, 0) is 14.4 Å². The highest BCUT2D eigenvalue weighted by Crippen LogP contribution is 2.36. The molecule has 0 bridgehead atoms. The van der Waals surface area contributed by atoms with Gasteiger partial charge < -0.3 is 15.3 Å². The van der Waals surface area contributed by atoms with E-state index >= 15 is 0 Å². The Kier molecular flexibility index (Phi) is 3.36. The van der Waals surface area contributed by atoms with E-state index in [-0.39, 0.29) is 18.2 Å². The van der Waals surface area contributed by atoms with Crippen LogP contribution in [0.25, 0.3) is 0 Å². The molecule has 0 radical (unpaired) electrons. The number of aliphatic carboxylic acids is 1. The fourth-order valence-corrected chi connectivity index (χ4v) is 3.23. The van der Waals surface area contributed by atoms with Crippen molar-refractivity contribution < 1.29 is 19.5 Å². The lowest BCUT2D eigenvalue weighted by molar-refractivity contribution is -0.142. The molecule has 0 unspecified atom stereocenters. The number of anilines is 1. The van der Waals surface area contributed by atoms with E-state index in [1.165, 1.54) is 16.7 Å². The molecule has 1 heterocycles.